The zero-order valence-corrected chi connectivity index (χ0v) is 22.6. The lowest BCUT2D eigenvalue weighted by atomic mass is 10.0. The molecule has 0 aromatic rings. The summed E-state index contributed by atoms with van der Waals surface area (Å²) in [5.41, 5.74) is 5.52. The van der Waals surface area contributed by atoms with Gasteiger partial charge in [0.25, 0.3) is 0 Å². The summed E-state index contributed by atoms with van der Waals surface area (Å²) in [6, 6.07) is -0.667. The Morgan fingerprint density at radius 1 is 0.485 bits per heavy atom. The van der Waals surface area contributed by atoms with Crippen LogP contribution in [0.4, 0.5) is 0 Å². The molecule has 3 nitrogen and oxygen atoms in total. The second-order valence-electron chi connectivity index (χ2n) is 10.6. The first-order valence-corrected chi connectivity index (χ1v) is 15.2. The molecule has 0 amide bonds. The summed E-state index contributed by atoms with van der Waals surface area (Å²) in [6.07, 6.45) is 36.8. The van der Waals surface area contributed by atoms with Crippen LogP contribution in [-0.4, -0.2) is 17.1 Å². The van der Waals surface area contributed by atoms with Crippen LogP contribution in [0.2, 0.25) is 0 Å². The van der Waals surface area contributed by atoms with Crippen molar-refractivity contribution in [2.24, 2.45) is 5.73 Å². The summed E-state index contributed by atoms with van der Waals surface area (Å²) in [7, 11) is 0. The number of hydrogen-bond donors (Lipinski definition) is 2. The van der Waals surface area contributed by atoms with Crippen LogP contribution in [0.1, 0.15) is 180 Å². The van der Waals surface area contributed by atoms with Gasteiger partial charge in [-0.25, -0.2) is 0 Å². The molecule has 0 aliphatic carbocycles. The molecule has 0 radical (unpaired) electrons. The molecule has 0 aromatic heterocycles. The number of unbranched alkanes of at least 4 members (excludes halogenated alkanes) is 25. The summed E-state index contributed by atoms with van der Waals surface area (Å²) >= 11 is 0. The van der Waals surface area contributed by atoms with E-state index in [1.807, 2.05) is 0 Å². The number of carbonyl (C=O) groups is 1. The fraction of sp³-hybridized carbons (Fsp3) is 0.967. The maximum Gasteiger partial charge on any atom is 0.320 e. The minimum Gasteiger partial charge on any atom is -0.480 e. The zero-order chi connectivity index (χ0) is 24.2. The average molecular weight is 468 g/mol. The summed E-state index contributed by atoms with van der Waals surface area (Å²) in [5.74, 6) is -0.866. The van der Waals surface area contributed by atoms with E-state index in [1.54, 1.807) is 0 Å². The Morgan fingerprint density at radius 3 is 0.909 bits per heavy atom. The highest BCUT2D eigenvalue weighted by Crippen LogP contribution is 2.16. The Balaban J connectivity index is 3.04. The maximum atomic E-state index is 10.6. The molecule has 0 spiro atoms. The summed E-state index contributed by atoms with van der Waals surface area (Å²) in [5, 5.41) is 8.75. The third-order valence-electron chi connectivity index (χ3n) is 7.19. The van der Waals surface area contributed by atoms with Crippen LogP contribution < -0.4 is 5.73 Å². The first-order valence-electron chi connectivity index (χ1n) is 15.2. The zero-order valence-electron chi connectivity index (χ0n) is 22.6. The van der Waals surface area contributed by atoms with Gasteiger partial charge in [0.1, 0.15) is 6.04 Å². The van der Waals surface area contributed by atoms with Gasteiger partial charge in [-0.15, -0.1) is 0 Å². The molecule has 0 heterocycles. The summed E-state index contributed by atoms with van der Waals surface area (Å²) in [6.45, 7) is 2.29. The molecule has 0 aliphatic heterocycles. The van der Waals surface area contributed by atoms with Crippen molar-refractivity contribution in [3.05, 3.63) is 0 Å². The number of rotatable bonds is 28. The van der Waals surface area contributed by atoms with Gasteiger partial charge in [0.05, 0.1) is 0 Å². The maximum absolute atomic E-state index is 10.6. The molecule has 1 unspecified atom stereocenters. The van der Waals surface area contributed by atoms with Crippen molar-refractivity contribution in [2.45, 2.75) is 186 Å². The number of nitrogens with two attached hydrogens (primary N) is 1. The topological polar surface area (TPSA) is 63.3 Å². The number of carboxylic acid groups (broad SMARTS) is 1. The van der Waals surface area contributed by atoms with Gasteiger partial charge in [0.2, 0.25) is 0 Å². The highest BCUT2D eigenvalue weighted by Gasteiger charge is 2.09. The quantitative estimate of drug-likeness (QED) is 0.112. The van der Waals surface area contributed by atoms with Gasteiger partial charge < -0.3 is 10.8 Å². The molecule has 3 N–H and O–H groups in total. The monoisotopic (exact) mass is 467 g/mol. The van der Waals surface area contributed by atoms with E-state index >= 15 is 0 Å². The molecule has 0 aliphatic rings. The van der Waals surface area contributed by atoms with E-state index in [4.69, 9.17) is 10.8 Å². The van der Waals surface area contributed by atoms with Gasteiger partial charge >= 0.3 is 5.97 Å². The van der Waals surface area contributed by atoms with Crippen molar-refractivity contribution in [3.8, 4) is 0 Å². The van der Waals surface area contributed by atoms with E-state index in [2.05, 4.69) is 6.92 Å². The average Bonchev–Trinajstić information content (AvgIpc) is 2.81. The van der Waals surface area contributed by atoms with E-state index in [9.17, 15) is 4.79 Å². The smallest absolute Gasteiger partial charge is 0.320 e. The first-order chi connectivity index (χ1) is 16.2. The Morgan fingerprint density at radius 2 is 0.697 bits per heavy atom. The second kappa shape index (κ2) is 27.7. The lowest BCUT2D eigenvalue weighted by Crippen LogP contribution is -2.29. The van der Waals surface area contributed by atoms with E-state index in [1.165, 1.54) is 154 Å². The molecule has 33 heavy (non-hydrogen) atoms. The van der Waals surface area contributed by atoms with Crippen LogP contribution in [0.25, 0.3) is 0 Å². The van der Waals surface area contributed by atoms with Crippen LogP contribution in [0, 0.1) is 0 Å². The van der Waals surface area contributed by atoms with E-state index < -0.39 is 12.0 Å². The van der Waals surface area contributed by atoms with Crippen molar-refractivity contribution >= 4 is 5.97 Å². The summed E-state index contributed by atoms with van der Waals surface area (Å²) < 4.78 is 0. The molecule has 0 rings (SSSR count). The molecule has 0 saturated carbocycles. The highest BCUT2D eigenvalue weighted by molar-refractivity contribution is 5.72. The van der Waals surface area contributed by atoms with Crippen LogP contribution in [0.5, 0.6) is 0 Å². The molecule has 0 fully saturated rings. The number of carboxylic acids is 1. The van der Waals surface area contributed by atoms with Crippen LogP contribution in [0.3, 0.4) is 0 Å². The van der Waals surface area contributed by atoms with E-state index in [-0.39, 0.29) is 0 Å². The largest absolute Gasteiger partial charge is 0.480 e. The Hall–Kier alpha value is -0.570. The minimum absolute atomic E-state index is 0.620. The molecule has 0 aromatic carbocycles. The Kier molecular flexibility index (Phi) is 27.2. The fourth-order valence-corrected chi connectivity index (χ4v) is 4.80. The molecule has 198 valence electrons. The van der Waals surface area contributed by atoms with Crippen molar-refractivity contribution < 1.29 is 9.90 Å². The van der Waals surface area contributed by atoms with Crippen LogP contribution >= 0.6 is 0 Å². The molecule has 0 saturated heterocycles. The van der Waals surface area contributed by atoms with Crippen LogP contribution in [-0.2, 0) is 4.79 Å². The Bertz CT molecular complexity index is 385. The lowest BCUT2D eigenvalue weighted by molar-refractivity contribution is -0.138. The molecular weight excluding hydrogens is 406 g/mol. The standard InChI is InChI=1S/C30H61NO2/c1-2-3-4-5-6-7-8-9-10-11-12-13-14-15-16-17-18-19-20-21-22-23-24-25-26-27-28-29(31)30(32)33/h29H,2-28,31H2,1H3,(H,32,33). The third kappa shape index (κ3) is 27.6. The van der Waals surface area contributed by atoms with Gasteiger partial charge in [-0.05, 0) is 6.42 Å². The highest BCUT2D eigenvalue weighted by atomic mass is 16.4. The molecule has 1 atom stereocenters. The van der Waals surface area contributed by atoms with Crippen molar-refractivity contribution in [3.63, 3.8) is 0 Å². The van der Waals surface area contributed by atoms with E-state index in [0.717, 1.165) is 12.8 Å². The van der Waals surface area contributed by atoms with Crippen molar-refractivity contribution in [2.75, 3.05) is 0 Å². The molecular formula is C30H61NO2. The van der Waals surface area contributed by atoms with Gasteiger partial charge in [0, 0.05) is 0 Å². The number of aliphatic carboxylic acids is 1. The predicted molar refractivity (Wildman–Crippen MR) is 146 cm³/mol. The number of hydrogen-bond acceptors (Lipinski definition) is 2. The molecule has 0 bridgehead atoms. The van der Waals surface area contributed by atoms with Gasteiger partial charge in [0.15, 0.2) is 0 Å². The second-order valence-corrected chi connectivity index (χ2v) is 10.6. The minimum atomic E-state index is -0.866. The van der Waals surface area contributed by atoms with Crippen molar-refractivity contribution in [1.82, 2.24) is 0 Å². The van der Waals surface area contributed by atoms with Crippen molar-refractivity contribution in [1.29, 1.82) is 0 Å². The summed E-state index contributed by atoms with van der Waals surface area (Å²) in [4.78, 5) is 10.6. The van der Waals surface area contributed by atoms with Gasteiger partial charge in [-0.1, -0.05) is 174 Å². The lowest BCUT2D eigenvalue weighted by Gasteiger charge is -2.06. The fourth-order valence-electron chi connectivity index (χ4n) is 4.80. The van der Waals surface area contributed by atoms with Gasteiger partial charge in [-0.3, -0.25) is 4.79 Å². The SMILES string of the molecule is CCCCCCCCCCCCCCCCCCCCCCCCCCCCC(N)C(=O)O. The Labute approximate surface area is 208 Å². The molecule has 3 heteroatoms. The third-order valence-corrected chi connectivity index (χ3v) is 7.19. The normalized spacial score (nSPS) is 12.3. The van der Waals surface area contributed by atoms with Gasteiger partial charge in [-0.2, -0.15) is 0 Å². The predicted octanol–water partition coefficient (Wildman–Crippen LogP) is 9.95. The van der Waals surface area contributed by atoms with Crippen LogP contribution in [0.15, 0.2) is 0 Å². The van der Waals surface area contributed by atoms with E-state index in [0.29, 0.717) is 6.42 Å². The first kappa shape index (κ1) is 32.4.